The summed E-state index contributed by atoms with van der Waals surface area (Å²) in [6.45, 7) is 9.66. The normalized spacial score (nSPS) is 16.6. The molecular formula is C55H92N16O22. The SMILES string of the molecule is CC(C)C[C@H](NC(=O)[C@@H]1CCCN1C(=O)[C@H](CO)NC(=O)[C@H](C)NC(=O)[C@H](CCC(=O)O)NC(=O)[C@H](CC(=O)O)NC(=O)[C@H](CCC(N)=O)NC(=O)[C@H](C)NC(=O)[C@H](CO)NC(=O)[C@H](C)NC(=O)[C@H](CO)NC(=O)CNC(=O)[C@@H](NC(=O)[C@@H](N)C(C)C)C(C)C)C(N)=O. The summed E-state index contributed by atoms with van der Waals surface area (Å²) in [5.41, 5.74) is 16.6. The molecule has 0 aliphatic carbocycles. The second kappa shape index (κ2) is 39.9. The lowest BCUT2D eigenvalue weighted by molar-refractivity contribution is -0.143. The van der Waals surface area contributed by atoms with Gasteiger partial charge in [-0.05, 0) is 70.6 Å². The van der Waals surface area contributed by atoms with Gasteiger partial charge in [0.25, 0.3) is 0 Å². The lowest BCUT2D eigenvalue weighted by Gasteiger charge is -2.30. The average Bonchev–Trinajstić information content (AvgIpc) is 2.16. The van der Waals surface area contributed by atoms with E-state index in [0.717, 1.165) is 25.7 Å². The number of aliphatic hydroxyl groups is 3. The van der Waals surface area contributed by atoms with E-state index in [0.29, 0.717) is 6.42 Å². The molecule has 0 saturated carbocycles. The molecule has 524 valence electrons. The maximum atomic E-state index is 13.8. The molecule has 0 aromatic rings. The smallest absolute Gasteiger partial charge is 0.305 e. The molecule has 1 aliphatic rings. The maximum Gasteiger partial charge on any atom is 0.305 e. The summed E-state index contributed by atoms with van der Waals surface area (Å²) in [4.78, 5) is 221. The molecule has 1 rings (SSSR count). The van der Waals surface area contributed by atoms with Gasteiger partial charge in [0.05, 0.1) is 38.8 Å². The van der Waals surface area contributed by atoms with Gasteiger partial charge in [0.2, 0.25) is 88.6 Å². The van der Waals surface area contributed by atoms with Crippen LogP contribution in [0.4, 0.5) is 0 Å². The Morgan fingerprint density at radius 3 is 1.33 bits per heavy atom. The first-order valence-corrected chi connectivity index (χ1v) is 29.8. The maximum absolute atomic E-state index is 13.8. The number of nitrogens with zero attached hydrogens (tertiary/aromatic N) is 1. The molecule has 0 bridgehead atoms. The molecule has 0 radical (unpaired) electrons. The van der Waals surface area contributed by atoms with Gasteiger partial charge in [-0.25, -0.2) is 0 Å². The fraction of sp³-hybridized carbons (Fsp3) is 0.691. The summed E-state index contributed by atoms with van der Waals surface area (Å²) in [6, 6.07) is -20.1. The summed E-state index contributed by atoms with van der Waals surface area (Å²) < 4.78 is 0. The number of nitrogens with one attached hydrogen (secondary N) is 12. The number of carboxylic acids is 2. The van der Waals surface area contributed by atoms with E-state index in [9.17, 15) is 107 Å². The van der Waals surface area contributed by atoms with Crippen LogP contribution in [0.5, 0.6) is 0 Å². The third-order valence-corrected chi connectivity index (χ3v) is 14.2. The van der Waals surface area contributed by atoms with E-state index in [4.69, 9.17) is 17.2 Å². The average molecular weight is 1330 g/mol. The summed E-state index contributed by atoms with van der Waals surface area (Å²) in [7, 11) is 0. The monoisotopic (exact) mass is 1330 g/mol. The number of carboxylic acid groups (broad SMARTS) is 2. The highest BCUT2D eigenvalue weighted by atomic mass is 16.4. The lowest BCUT2D eigenvalue weighted by Crippen LogP contribution is -2.61. The van der Waals surface area contributed by atoms with Crippen molar-refractivity contribution >= 4 is 101 Å². The van der Waals surface area contributed by atoms with Crippen molar-refractivity contribution < 1.29 is 107 Å². The largest absolute Gasteiger partial charge is 0.481 e. The topological polar surface area (TPSA) is 617 Å². The van der Waals surface area contributed by atoms with Crippen LogP contribution in [0.3, 0.4) is 0 Å². The minimum absolute atomic E-state index is 0.0132. The molecule has 1 heterocycles. The second-order valence-corrected chi connectivity index (χ2v) is 23.2. The number of carbonyl (C=O) groups excluding carboxylic acids is 15. The quantitative estimate of drug-likeness (QED) is 0.0270. The predicted octanol–water partition coefficient (Wildman–Crippen LogP) is -9.76. The van der Waals surface area contributed by atoms with Gasteiger partial charge in [-0.1, -0.05) is 41.5 Å². The number of nitrogens with two attached hydrogens (primary N) is 3. The standard InChI is InChI=1S/C55H92N16O22/c1-23(2)17-31(43(58)81)66-52(90)36-11-10-16-71(36)55(93)35(22-74)69-46(84)28(9)60-47(85)30(13-15-39(77)78)65-49(87)32(18-40(79)80)67-48(86)29(12-14-37(56)75)64-44(82)26(7)62-51(89)34(21-73)68-45(83)27(8)61-50(88)33(20-72)63-38(76)19-59-54(92)42(25(5)6)70-53(91)41(57)24(3)4/h23-36,41-42,72-74H,10-22,57H2,1-9H3,(H2,56,75)(H2,58,81)(H,59,92)(H,60,85)(H,61,88)(H,62,89)(H,63,76)(H,64,82)(H,65,87)(H,66,90)(H,67,86)(H,68,83)(H,69,84)(H,70,91)(H,77,78)(H,79,80)/t26-,27-,28-,29-,30-,31-,32-,33-,34-,35-,36-,41-,42-/m0/s1. The van der Waals surface area contributed by atoms with Gasteiger partial charge in [0.15, 0.2) is 0 Å². The number of hydrogen-bond acceptors (Lipinski definition) is 21. The minimum Gasteiger partial charge on any atom is -0.481 e. The van der Waals surface area contributed by atoms with E-state index in [-0.39, 0.29) is 31.2 Å². The molecular weight excluding hydrogens is 1240 g/mol. The molecule has 23 N–H and O–H groups in total. The van der Waals surface area contributed by atoms with E-state index in [1.54, 1.807) is 41.5 Å². The highest BCUT2D eigenvalue weighted by Crippen LogP contribution is 2.20. The van der Waals surface area contributed by atoms with Crippen LogP contribution < -0.4 is 81.0 Å². The second-order valence-electron chi connectivity index (χ2n) is 23.2. The van der Waals surface area contributed by atoms with Crippen LogP contribution in [0.2, 0.25) is 0 Å². The van der Waals surface area contributed by atoms with Crippen LogP contribution in [-0.2, 0) is 81.5 Å². The third kappa shape index (κ3) is 28.5. The lowest BCUT2D eigenvalue weighted by atomic mass is 10.0. The van der Waals surface area contributed by atoms with E-state index in [1.807, 2.05) is 0 Å². The first-order valence-electron chi connectivity index (χ1n) is 29.8. The van der Waals surface area contributed by atoms with Gasteiger partial charge >= 0.3 is 11.9 Å². The molecule has 0 aromatic heterocycles. The Bertz CT molecular complexity index is 2720. The first-order chi connectivity index (χ1) is 43.3. The number of aliphatic carboxylic acids is 2. The van der Waals surface area contributed by atoms with Gasteiger partial charge in [0.1, 0.15) is 72.5 Å². The van der Waals surface area contributed by atoms with Gasteiger partial charge in [-0.3, -0.25) is 81.5 Å². The molecule has 0 aromatic carbocycles. The van der Waals surface area contributed by atoms with E-state index >= 15 is 0 Å². The van der Waals surface area contributed by atoms with Crippen molar-refractivity contribution in [3.05, 3.63) is 0 Å². The zero-order chi connectivity index (χ0) is 71.3. The molecule has 38 heteroatoms. The molecule has 0 unspecified atom stereocenters. The summed E-state index contributed by atoms with van der Waals surface area (Å²) in [6.07, 6.45) is -3.35. The number of aliphatic hydroxyl groups excluding tert-OH is 3. The zero-order valence-corrected chi connectivity index (χ0v) is 53.3. The van der Waals surface area contributed by atoms with E-state index in [1.165, 1.54) is 0 Å². The van der Waals surface area contributed by atoms with Gasteiger partial charge in [-0.2, -0.15) is 0 Å². The highest BCUT2D eigenvalue weighted by molar-refractivity contribution is 6.00. The minimum atomic E-state index is -2.14. The number of rotatable bonds is 41. The molecule has 0 spiro atoms. The van der Waals surface area contributed by atoms with Crippen molar-refractivity contribution in [2.45, 2.75) is 192 Å². The fourth-order valence-electron chi connectivity index (χ4n) is 8.72. The Kier molecular flexibility index (Phi) is 35.2. The molecule has 1 aliphatic heterocycles. The third-order valence-electron chi connectivity index (χ3n) is 14.2. The van der Waals surface area contributed by atoms with Crippen molar-refractivity contribution in [3.63, 3.8) is 0 Å². The molecule has 1 saturated heterocycles. The summed E-state index contributed by atoms with van der Waals surface area (Å²) in [5, 5.41) is 76.0. The fourth-order valence-corrected chi connectivity index (χ4v) is 8.72. The van der Waals surface area contributed by atoms with Crippen LogP contribution in [0.25, 0.3) is 0 Å². The van der Waals surface area contributed by atoms with Gasteiger partial charge < -0.3 is 111 Å². The van der Waals surface area contributed by atoms with E-state index < -0.39 is 243 Å². The highest BCUT2D eigenvalue weighted by Gasteiger charge is 2.40. The van der Waals surface area contributed by atoms with Crippen LogP contribution in [0.1, 0.15) is 114 Å². The summed E-state index contributed by atoms with van der Waals surface area (Å²) >= 11 is 0. The molecule has 1 fully saturated rings. The predicted molar refractivity (Wildman–Crippen MR) is 321 cm³/mol. The van der Waals surface area contributed by atoms with Crippen LogP contribution in [-0.4, -0.2) is 242 Å². The Labute approximate surface area is 535 Å². The molecule has 38 nitrogen and oxygen atoms in total. The van der Waals surface area contributed by atoms with Crippen molar-refractivity contribution in [2.75, 3.05) is 32.9 Å². The number of carbonyl (C=O) groups is 17. The summed E-state index contributed by atoms with van der Waals surface area (Å²) in [5.74, 6) is -19.6. The Morgan fingerprint density at radius 2 is 0.892 bits per heavy atom. The number of primary amides is 2. The first kappa shape index (κ1) is 81.8. The van der Waals surface area contributed by atoms with Crippen LogP contribution >= 0.6 is 0 Å². The zero-order valence-electron chi connectivity index (χ0n) is 53.3. The van der Waals surface area contributed by atoms with Gasteiger partial charge in [0, 0.05) is 19.4 Å². The van der Waals surface area contributed by atoms with Crippen molar-refractivity contribution in [2.24, 2.45) is 35.0 Å². The van der Waals surface area contributed by atoms with Gasteiger partial charge in [-0.15, -0.1) is 0 Å². The molecule has 15 amide bonds. The van der Waals surface area contributed by atoms with E-state index in [2.05, 4.69) is 63.8 Å². The van der Waals surface area contributed by atoms with Crippen molar-refractivity contribution in [1.82, 2.24) is 68.7 Å². The van der Waals surface area contributed by atoms with Crippen molar-refractivity contribution in [3.8, 4) is 0 Å². The molecule has 13 atom stereocenters. The number of likely N-dealkylation sites (tertiary alicyclic amines) is 1. The van der Waals surface area contributed by atoms with Crippen LogP contribution in [0, 0.1) is 17.8 Å². The number of amides is 15. The van der Waals surface area contributed by atoms with Crippen molar-refractivity contribution in [1.29, 1.82) is 0 Å². The Balaban J connectivity index is 3.14. The Morgan fingerprint density at radius 1 is 0.462 bits per heavy atom. The molecule has 93 heavy (non-hydrogen) atoms. The number of hydrogen-bond donors (Lipinski definition) is 20. The van der Waals surface area contributed by atoms with Crippen LogP contribution in [0.15, 0.2) is 0 Å². The Hall–Kier alpha value is -9.17.